The first-order chi connectivity index (χ1) is 13.6. The van der Waals surface area contributed by atoms with Crippen molar-refractivity contribution in [2.45, 2.75) is 31.3 Å². The Bertz CT molecular complexity index is 743. The summed E-state index contributed by atoms with van der Waals surface area (Å²) >= 11 is 0. The number of hydrogen-bond acceptors (Lipinski definition) is 5. The maximum Gasteiger partial charge on any atom is 0.409 e. The van der Waals surface area contributed by atoms with Crippen LogP contribution >= 0.6 is 0 Å². The SMILES string of the molecule is O=C(C[C@@H]1C(=O)NCCN1C1Cc2ccccc2C1)NCCN1CCOC1=O. The van der Waals surface area contributed by atoms with Gasteiger partial charge in [-0.2, -0.15) is 0 Å². The first kappa shape index (κ1) is 18.7. The number of carbonyl (C=O) groups is 3. The van der Waals surface area contributed by atoms with Gasteiger partial charge in [0.25, 0.3) is 0 Å². The summed E-state index contributed by atoms with van der Waals surface area (Å²) in [7, 11) is 0. The predicted molar refractivity (Wildman–Crippen MR) is 102 cm³/mol. The molecule has 150 valence electrons. The molecule has 0 saturated carbocycles. The molecule has 2 saturated heterocycles. The molecular weight excluding hydrogens is 360 g/mol. The van der Waals surface area contributed by atoms with Gasteiger partial charge in [-0.15, -0.1) is 0 Å². The molecular formula is C20H26N4O4. The lowest BCUT2D eigenvalue weighted by atomic mass is 10.0. The van der Waals surface area contributed by atoms with Crippen molar-refractivity contribution in [1.82, 2.24) is 20.4 Å². The minimum Gasteiger partial charge on any atom is -0.448 e. The Hall–Kier alpha value is -2.61. The Kier molecular flexibility index (Phi) is 5.47. The van der Waals surface area contributed by atoms with Crippen LogP contribution in [0.25, 0.3) is 0 Å². The molecule has 0 spiro atoms. The van der Waals surface area contributed by atoms with Gasteiger partial charge in [0.05, 0.1) is 19.0 Å². The predicted octanol–water partition coefficient (Wildman–Crippen LogP) is -0.0873. The summed E-state index contributed by atoms with van der Waals surface area (Å²) in [4.78, 5) is 40.1. The topological polar surface area (TPSA) is 91.0 Å². The Morgan fingerprint density at radius 1 is 1.18 bits per heavy atom. The van der Waals surface area contributed by atoms with E-state index in [4.69, 9.17) is 4.74 Å². The fourth-order valence-electron chi connectivity index (χ4n) is 4.36. The van der Waals surface area contributed by atoms with Crippen molar-refractivity contribution >= 4 is 17.9 Å². The molecule has 2 aliphatic heterocycles. The zero-order chi connectivity index (χ0) is 19.5. The Balaban J connectivity index is 1.32. The van der Waals surface area contributed by atoms with Crippen molar-refractivity contribution in [2.75, 3.05) is 39.3 Å². The molecule has 2 fully saturated rings. The third-order valence-electron chi connectivity index (χ3n) is 5.80. The van der Waals surface area contributed by atoms with E-state index in [1.54, 1.807) is 4.90 Å². The standard InChI is InChI=1S/C20H26N4O4/c25-18(21-5-7-23-9-10-28-20(23)27)13-17-19(26)22-6-8-24(17)16-11-14-3-1-2-4-15(14)12-16/h1-4,16-17H,5-13H2,(H,21,25)(H,22,26)/t17-/m1/s1. The molecule has 0 unspecified atom stereocenters. The number of piperazine rings is 1. The summed E-state index contributed by atoms with van der Waals surface area (Å²) in [5.41, 5.74) is 2.67. The van der Waals surface area contributed by atoms with Crippen molar-refractivity contribution in [3.8, 4) is 0 Å². The number of amides is 3. The van der Waals surface area contributed by atoms with Crippen LogP contribution in [0.4, 0.5) is 4.79 Å². The molecule has 0 bridgehead atoms. The Labute approximate surface area is 164 Å². The van der Waals surface area contributed by atoms with Crippen molar-refractivity contribution in [2.24, 2.45) is 0 Å². The van der Waals surface area contributed by atoms with Gasteiger partial charge in [-0.05, 0) is 24.0 Å². The number of hydrogen-bond donors (Lipinski definition) is 2. The van der Waals surface area contributed by atoms with Crippen LogP contribution in [0.5, 0.6) is 0 Å². The fourth-order valence-corrected chi connectivity index (χ4v) is 4.36. The summed E-state index contributed by atoms with van der Waals surface area (Å²) < 4.78 is 4.87. The molecule has 0 aromatic heterocycles. The van der Waals surface area contributed by atoms with Gasteiger partial charge in [-0.1, -0.05) is 24.3 Å². The minimum atomic E-state index is -0.454. The van der Waals surface area contributed by atoms with Crippen LogP contribution in [-0.2, 0) is 27.2 Å². The van der Waals surface area contributed by atoms with Gasteiger partial charge in [0, 0.05) is 32.2 Å². The minimum absolute atomic E-state index is 0.0829. The van der Waals surface area contributed by atoms with Gasteiger partial charge < -0.3 is 20.3 Å². The summed E-state index contributed by atoms with van der Waals surface area (Å²) in [6.45, 7) is 3.09. The Morgan fingerprint density at radius 3 is 2.61 bits per heavy atom. The van der Waals surface area contributed by atoms with Crippen LogP contribution in [0.1, 0.15) is 17.5 Å². The average molecular weight is 386 g/mol. The third kappa shape index (κ3) is 3.96. The van der Waals surface area contributed by atoms with Crippen molar-refractivity contribution < 1.29 is 19.1 Å². The maximum atomic E-state index is 12.5. The van der Waals surface area contributed by atoms with E-state index in [1.807, 2.05) is 12.1 Å². The first-order valence-electron chi connectivity index (χ1n) is 9.90. The lowest BCUT2D eigenvalue weighted by Gasteiger charge is -2.38. The third-order valence-corrected chi connectivity index (χ3v) is 5.80. The van der Waals surface area contributed by atoms with Gasteiger partial charge in [0.15, 0.2) is 0 Å². The molecule has 1 aromatic carbocycles. The lowest BCUT2D eigenvalue weighted by molar-refractivity contribution is -0.135. The largest absolute Gasteiger partial charge is 0.448 e. The normalized spacial score (nSPS) is 22.7. The highest BCUT2D eigenvalue weighted by atomic mass is 16.6. The van der Waals surface area contributed by atoms with E-state index < -0.39 is 6.04 Å². The number of fused-ring (bicyclic) bond motifs is 1. The molecule has 1 aliphatic carbocycles. The van der Waals surface area contributed by atoms with E-state index in [-0.39, 0.29) is 30.4 Å². The van der Waals surface area contributed by atoms with E-state index in [2.05, 4.69) is 27.7 Å². The van der Waals surface area contributed by atoms with Crippen LogP contribution in [0.3, 0.4) is 0 Å². The highest BCUT2D eigenvalue weighted by molar-refractivity contribution is 5.88. The number of benzene rings is 1. The number of rotatable bonds is 6. The highest BCUT2D eigenvalue weighted by Gasteiger charge is 2.38. The molecule has 8 heteroatoms. The van der Waals surface area contributed by atoms with Gasteiger partial charge in [-0.25, -0.2) is 4.79 Å². The summed E-state index contributed by atoms with van der Waals surface area (Å²) in [6.07, 6.45) is 1.62. The zero-order valence-corrected chi connectivity index (χ0v) is 15.9. The average Bonchev–Trinajstić information content (AvgIpc) is 3.29. The molecule has 4 rings (SSSR count). The maximum absolute atomic E-state index is 12.5. The summed E-state index contributed by atoms with van der Waals surface area (Å²) in [5, 5.41) is 5.72. The van der Waals surface area contributed by atoms with Crippen LogP contribution in [0.15, 0.2) is 24.3 Å². The second-order valence-electron chi connectivity index (χ2n) is 7.53. The van der Waals surface area contributed by atoms with E-state index in [0.29, 0.717) is 32.8 Å². The monoisotopic (exact) mass is 386 g/mol. The second kappa shape index (κ2) is 8.18. The van der Waals surface area contributed by atoms with Gasteiger partial charge in [-0.3, -0.25) is 14.5 Å². The number of nitrogens with zero attached hydrogens (tertiary/aromatic N) is 2. The zero-order valence-electron chi connectivity index (χ0n) is 15.9. The number of carbonyl (C=O) groups excluding carboxylic acids is 3. The van der Waals surface area contributed by atoms with Crippen LogP contribution in [-0.4, -0.2) is 79.1 Å². The number of cyclic esters (lactones) is 1. The quantitative estimate of drug-likeness (QED) is 0.713. The lowest BCUT2D eigenvalue weighted by Crippen LogP contribution is -2.59. The molecule has 1 aromatic rings. The van der Waals surface area contributed by atoms with Crippen LogP contribution in [0, 0.1) is 0 Å². The van der Waals surface area contributed by atoms with E-state index in [0.717, 1.165) is 19.4 Å². The highest BCUT2D eigenvalue weighted by Crippen LogP contribution is 2.28. The van der Waals surface area contributed by atoms with E-state index in [9.17, 15) is 14.4 Å². The first-order valence-corrected chi connectivity index (χ1v) is 9.90. The number of nitrogens with one attached hydrogen (secondary N) is 2. The molecule has 0 radical (unpaired) electrons. The molecule has 1 atom stereocenters. The molecule has 3 aliphatic rings. The summed E-state index contributed by atoms with van der Waals surface area (Å²) in [6, 6.07) is 8.18. The van der Waals surface area contributed by atoms with Crippen molar-refractivity contribution in [3.05, 3.63) is 35.4 Å². The molecule has 2 N–H and O–H groups in total. The molecule has 28 heavy (non-hydrogen) atoms. The summed E-state index contributed by atoms with van der Waals surface area (Å²) in [5.74, 6) is -0.254. The molecule has 3 amide bonds. The second-order valence-corrected chi connectivity index (χ2v) is 7.53. The van der Waals surface area contributed by atoms with Crippen molar-refractivity contribution in [3.63, 3.8) is 0 Å². The van der Waals surface area contributed by atoms with Crippen molar-refractivity contribution in [1.29, 1.82) is 0 Å². The van der Waals surface area contributed by atoms with Crippen LogP contribution in [0.2, 0.25) is 0 Å². The molecule has 8 nitrogen and oxygen atoms in total. The molecule has 2 heterocycles. The van der Waals surface area contributed by atoms with Gasteiger partial charge in [0.1, 0.15) is 6.61 Å². The Morgan fingerprint density at radius 2 is 1.93 bits per heavy atom. The smallest absolute Gasteiger partial charge is 0.409 e. The fraction of sp³-hybridized carbons (Fsp3) is 0.550. The van der Waals surface area contributed by atoms with E-state index >= 15 is 0 Å². The van der Waals surface area contributed by atoms with E-state index in [1.165, 1.54) is 11.1 Å². The van der Waals surface area contributed by atoms with Gasteiger partial charge >= 0.3 is 6.09 Å². The van der Waals surface area contributed by atoms with Crippen LogP contribution < -0.4 is 10.6 Å². The van der Waals surface area contributed by atoms with Gasteiger partial charge in [0.2, 0.25) is 11.8 Å². The number of ether oxygens (including phenoxy) is 1.